The molecule has 3 nitrogen and oxygen atoms in total. The number of rotatable bonds is 4. The number of aryl methyl sites for hydroxylation is 1. The zero-order valence-corrected chi connectivity index (χ0v) is 12.4. The summed E-state index contributed by atoms with van der Waals surface area (Å²) in [6, 6.07) is 11.6. The van der Waals surface area contributed by atoms with Crippen LogP contribution in [0.5, 0.6) is 0 Å². The highest BCUT2D eigenvalue weighted by Crippen LogP contribution is 2.17. The maximum atomic E-state index is 12.1. The van der Waals surface area contributed by atoms with E-state index < -0.39 is 0 Å². The van der Waals surface area contributed by atoms with Crippen LogP contribution in [0.4, 0.5) is 0 Å². The van der Waals surface area contributed by atoms with Crippen LogP contribution in [0.25, 0.3) is 11.8 Å². The quantitative estimate of drug-likeness (QED) is 0.535. The molecule has 3 aromatic rings. The van der Waals surface area contributed by atoms with Crippen LogP contribution in [0.2, 0.25) is 0 Å². The fourth-order valence-electron chi connectivity index (χ4n) is 2.01. The van der Waals surface area contributed by atoms with Gasteiger partial charge in [-0.1, -0.05) is 0 Å². The van der Waals surface area contributed by atoms with E-state index in [2.05, 4.69) is 18.0 Å². The number of aromatic nitrogens is 2. The highest BCUT2D eigenvalue weighted by molar-refractivity contribution is 7.12. The topological polar surface area (TPSA) is 34.9 Å². The number of hydrogen-bond donors (Lipinski definition) is 0. The maximum absolute atomic E-state index is 12.1. The summed E-state index contributed by atoms with van der Waals surface area (Å²) in [7, 11) is 0. The van der Waals surface area contributed by atoms with Gasteiger partial charge in [0.25, 0.3) is 0 Å². The van der Waals surface area contributed by atoms with Gasteiger partial charge in [-0.3, -0.25) is 4.79 Å². The van der Waals surface area contributed by atoms with Crippen molar-refractivity contribution in [1.82, 2.24) is 9.55 Å². The van der Waals surface area contributed by atoms with Crippen LogP contribution < -0.4 is 0 Å². The molecule has 21 heavy (non-hydrogen) atoms. The van der Waals surface area contributed by atoms with Gasteiger partial charge in [-0.2, -0.15) is 0 Å². The van der Waals surface area contributed by atoms with Gasteiger partial charge in [0.1, 0.15) is 0 Å². The molecule has 4 heteroatoms. The predicted octanol–water partition coefficient (Wildman–Crippen LogP) is 4.14. The van der Waals surface area contributed by atoms with E-state index in [-0.39, 0.29) is 5.78 Å². The molecule has 0 fully saturated rings. The second-order valence-corrected chi connectivity index (χ2v) is 5.98. The first kappa shape index (κ1) is 13.5. The fraction of sp³-hybridized carbons (Fsp3) is 0.0588. The van der Waals surface area contributed by atoms with Crippen molar-refractivity contribution in [3.63, 3.8) is 0 Å². The van der Waals surface area contributed by atoms with E-state index in [1.54, 1.807) is 29.9 Å². The normalized spacial score (nSPS) is 11.1. The third-order valence-electron chi connectivity index (χ3n) is 3.11. The predicted molar refractivity (Wildman–Crippen MR) is 86.0 cm³/mol. The van der Waals surface area contributed by atoms with Gasteiger partial charge in [0, 0.05) is 33.4 Å². The smallest absolute Gasteiger partial charge is 0.185 e. The van der Waals surface area contributed by atoms with Crippen LogP contribution in [-0.4, -0.2) is 15.3 Å². The van der Waals surface area contributed by atoms with Crippen molar-refractivity contribution >= 4 is 23.2 Å². The molecule has 3 rings (SSSR count). The summed E-state index contributed by atoms with van der Waals surface area (Å²) < 4.78 is 1.90. The molecule has 104 valence electrons. The minimum Gasteiger partial charge on any atom is -0.306 e. The van der Waals surface area contributed by atoms with Crippen molar-refractivity contribution in [2.75, 3.05) is 0 Å². The van der Waals surface area contributed by atoms with Crippen molar-refractivity contribution in [3.8, 4) is 5.69 Å². The Balaban J connectivity index is 1.74. The molecule has 0 bridgehead atoms. The van der Waals surface area contributed by atoms with Crippen molar-refractivity contribution in [3.05, 3.63) is 76.5 Å². The SMILES string of the molecule is Cc1ccc(/C=C/C(=O)c2ccc(-n3ccnc3)cc2)s1. The molecule has 2 heterocycles. The molecule has 0 atom stereocenters. The molecule has 0 radical (unpaired) electrons. The second kappa shape index (κ2) is 5.89. The lowest BCUT2D eigenvalue weighted by Crippen LogP contribution is -1.95. The molecule has 0 aliphatic heterocycles. The van der Waals surface area contributed by atoms with Crippen molar-refractivity contribution < 1.29 is 4.79 Å². The van der Waals surface area contributed by atoms with Crippen LogP contribution in [0.15, 0.2) is 61.2 Å². The zero-order chi connectivity index (χ0) is 14.7. The van der Waals surface area contributed by atoms with Crippen LogP contribution in [0.3, 0.4) is 0 Å². The van der Waals surface area contributed by atoms with Gasteiger partial charge in [0.05, 0.1) is 6.33 Å². The highest BCUT2D eigenvalue weighted by Gasteiger charge is 2.03. The van der Waals surface area contributed by atoms with Gasteiger partial charge >= 0.3 is 0 Å². The first-order chi connectivity index (χ1) is 10.2. The summed E-state index contributed by atoms with van der Waals surface area (Å²) in [5.74, 6) is 0.0123. The van der Waals surface area contributed by atoms with E-state index in [1.807, 2.05) is 47.2 Å². The van der Waals surface area contributed by atoms with Gasteiger partial charge in [0.15, 0.2) is 5.78 Å². The van der Waals surface area contributed by atoms with E-state index >= 15 is 0 Å². The minimum atomic E-state index is 0.0123. The lowest BCUT2D eigenvalue weighted by atomic mass is 10.1. The summed E-state index contributed by atoms with van der Waals surface area (Å²) in [5.41, 5.74) is 1.67. The number of ketones is 1. The Morgan fingerprint density at radius 2 is 2.00 bits per heavy atom. The molecule has 0 unspecified atom stereocenters. The number of benzene rings is 1. The Morgan fingerprint density at radius 3 is 2.62 bits per heavy atom. The molecule has 0 aliphatic rings. The summed E-state index contributed by atoms with van der Waals surface area (Å²) in [6.07, 6.45) is 8.82. The number of nitrogens with zero attached hydrogens (tertiary/aromatic N) is 2. The lowest BCUT2D eigenvalue weighted by Gasteiger charge is -2.02. The third-order valence-corrected chi connectivity index (χ3v) is 4.08. The molecule has 2 aromatic heterocycles. The van der Waals surface area contributed by atoms with Crippen LogP contribution in [0, 0.1) is 6.92 Å². The van der Waals surface area contributed by atoms with E-state index in [4.69, 9.17) is 0 Å². The summed E-state index contributed by atoms with van der Waals surface area (Å²) >= 11 is 1.68. The Labute approximate surface area is 127 Å². The molecule has 0 saturated carbocycles. The third kappa shape index (κ3) is 3.17. The van der Waals surface area contributed by atoms with E-state index in [0.29, 0.717) is 5.56 Å². The molecule has 0 amide bonds. The molecule has 1 aromatic carbocycles. The van der Waals surface area contributed by atoms with Gasteiger partial charge in [0.2, 0.25) is 0 Å². The zero-order valence-electron chi connectivity index (χ0n) is 11.6. The number of carbonyl (C=O) groups excluding carboxylic acids is 1. The molecule has 0 N–H and O–H groups in total. The maximum Gasteiger partial charge on any atom is 0.185 e. The Hall–Kier alpha value is -2.46. The minimum absolute atomic E-state index is 0.0123. The largest absolute Gasteiger partial charge is 0.306 e. The summed E-state index contributed by atoms with van der Waals surface area (Å²) in [4.78, 5) is 18.5. The number of carbonyl (C=O) groups is 1. The first-order valence-corrected chi connectivity index (χ1v) is 7.41. The van der Waals surface area contributed by atoms with E-state index in [9.17, 15) is 4.79 Å². The lowest BCUT2D eigenvalue weighted by molar-refractivity contribution is 0.104. The van der Waals surface area contributed by atoms with Crippen LogP contribution >= 0.6 is 11.3 Å². The molecular weight excluding hydrogens is 280 g/mol. The number of allylic oxidation sites excluding steroid dienone is 1. The number of hydrogen-bond acceptors (Lipinski definition) is 3. The average molecular weight is 294 g/mol. The highest BCUT2D eigenvalue weighted by atomic mass is 32.1. The summed E-state index contributed by atoms with van der Waals surface area (Å²) in [6.45, 7) is 2.05. The van der Waals surface area contributed by atoms with Gasteiger partial charge < -0.3 is 4.57 Å². The average Bonchev–Trinajstić information content (AvgIpc) is 3.16. The van der Waals surface area contributed by atoms with Gasteiger partial charge in [-0.05, 0) is 55.5 Å². The Bertz CT molecular complexity index is 767. The van der Waals surface area contributed by atoms with E-state index in [0.717, 1.165) is 10.6 Å². The first-order valence-electron chi connectivity index (χ1n) is 6.59. The Morgan fingerprint density at radius 1 is 1.19 bits per heavy atom. The van der Waals surface area contributed by atoms with Gasteiger partial charge in [-0.25, -0.2) is 4.98 Å². The van der Waals surface area contributed by atoms with Crippen molar-refractivity contribution in [1.29, 1.82) is 0 Å². The number of thiophene rings is 1. The fourth-order valence-corrected chi connectivity index (χ4v) is 2.79. The van der Waals surface area contributed by atoms with Crippen molar-refractivity contribution in [2.24, 2.45) is 0 Å². The molecule has 0 saturated heterocycles. The molecular formula is C17H14N2OS. The van der Waals surface area contributed by atoms with Crippen LogP contribution in [-0.2, 0) is 0 Å². The van der Waals surface area contributed by atoms with Gasteiger partial charge in [-0.15, -0.1) is 11.3 Å². The second-order valence-electron chi connectivity index (χ2n) is 4.66. The monoisotopic (exact) mass is 294 g/mol. The molecule has 0 aliphatic carbocycles. The van der Waals surface area contributed by atoms with E-state index in [1.165, 1.54) is 4.88 Å². The van der Waals surface area contributed by atoms with Crippen molar-refractivity contribution in [2.45, 2.75) is 6.92 Å². The standard InChI is InChI=1S/C17H14N2OS/c1-13-2-7-16(21-13)8-9-17(20)14-3-5-15(6-4-14)19-11-10-18-12-19/h2-12H,1H3/b9-8+. The van der Waals surface area contributed by atoms with Crippen LogP contribution in [0.1, 0.15) is 20.1 Å². The number of imidazole rings is 1. The summed E-state index contributed by atoms with van der Waals surface area (Å²) in [5, 5.41) is 0. The Kier molecular flexibility index (Phi) is 3.79. The molecule has 0 spiro atoms.